The first kappa shape index (κ1) is 15.3. The van der Waals surface area contributed by atoms with E-state index in [1.807, 2.05) is 0 Å². The molecule has 1 heterocycles. The molecule has 7 heteroatoms. The number of alkyl halides is 3. The predicted molar refractivity (Wildman–Crippen MR) is 67.6 cm³/mol. The Hall–Kier alpha value is -2.05. The van der Waals surface area contributed by atoms with Crippen molar-refractivity contribution in [3.8, 4) is 0 Å². The number of carboxylic acid groups (broad SMARTS) is 1. The van der Waals surface area contributed by atoms with Crippen LogP contribution in [0.25, 0.3) is 0 Å². The topological polar surface area (TPSA) is 57.6 Å². The lowest BCUT2D eigenvalue weighted by molar-refractivity contribution is -0.156. The Morgan fingerprint density at radius 1 is 1.29 bits per heavy atom. The summed E-state index contributed by atoms with van der Waals surface area (Å²) in [5, 5.41) is 8.70. The highest BCUT2D eigenvalue weighted by Gasteiger charge is 2.32. The lowest BCUT2D eigenvalue weighted by Crippen LogP contribution is -2.42. The molecule has 114 valence electrons. The fourth-order valence-corrected chi connectivity index (χ4v) is 2.54. The zero-order chi connectivity index (χ0) is 15.6. The van der Waals surface area contributed by atoms with E-state index in [9.17, 15) is 22.8 Å². The third kappa shape index (κ3) is 3.53. The van der Waals surface area contributed by atoms with Crippen molar-refractivity contribution in [3.05, 3.63) is 35.4 Å². The van der Waals surface area contributed by atoms with Gasteiger partial charge in [-0.25, -0.2) is 4.79 Å². The molecule has 0 saturated carbocycles. The van der Waals surface area contributed by atoms with Gasteiger partial charge in [0.2, 0.25) is 0 Å². The summed E-state index contributed by atoms with van der Waals surface area (Å²) in [5.74, 6) is -2.82. The maximum atomic E-state index is 12.7. The number of aliphatic carboxylic acids is 1. The number of hydrogen-bond donors (Lipinski definition) is 1. The van der Waals surface area contributed by atoms with Crippen LogP contribution < -0.4 is 0 Å². The van der Waals surface area contributed by atoms with Gasteiger partial charge < -0.3 is 10.0 Å². The van der Waals surface area contributed by atoms with Gasteiger partial charge in [0.25, 0.3) is 0 Å². The number of hydrogen-bond acceptors (Lipinski definition) is 2. The third-order valence-corrected chi connectivity index (χ3v) is 3.58. The molecule has 1 unspecified atom stereocenters. The lowest BCUT2D eigenvalue weighted by Gasteiger charge is -2.32. The van der Waals surface area contributed by atoms with Crippen LogP contribution in [0.1, 0.15) is 29.9 Å². The second kappa shape index (κ2) is 5.75. The van der Waals surface area contributed by atoms with Gasteiger partial charge in [0.05, 0.1) is 5.56 Å². The van der Waals surface area contributed by atoms with Gasteiger partial charge in [0.15, 0.2) is 0 Å². The van der Waals surface area contributed by atoms with E-state index in [2.05, 4.69) is 0 Å². The van der Waals surface area contributed by atoms with Gasteiger partial charge >= 0.3 is 18.1 Å². The van der Waals surface area contributed by atoms with Crippen LogP contribution in [0.15, 0.2) is 24.3 Å². The van der Waals surface area contributed by atoms with Crippen molar-refractivity contribution in [2.75, 3.05) is 13.1 Å². The summed E-state index contributed by atoms with van der Waals surface area (Å²) in [6, 6.07) is 4.97. The molecule has 0 radical (unpaired) electrons. The number of rotatable bonds is 1. The van der Waals surface area contributed by atoms with Gasteiger partial charge in [-0.1, -0.05) is 18.2 Å². The normalized spacial score (nSPS) is 19.4. The van der Waals surface area contributed by atoms with Crippen molar-refractivity contribution in [1.82, 2.24) is 4.90 Å². The van der Waals surface area contributed by atoms with Gasteiger partial charge in [-0.2, -0.15) is 13.2 Å². The smallest absolute Gasteiger partial charge is 0.416 e. The second-order valence-electron chi connectivity index (χ2n) is 5.02. The maximum absolute atomic E-state index is 12.7. The number of piperidine rings is 1. The number of nitrogens with zero attached hydrogens (tertiary/aromatic N) is 1. The number of benzene rings is 1. The number of carbonyl (C=O) groups excluding carboxylic acids is 1. The van der Waals surface area contributed by atoms with Crippen molar-refractivity contribution < 1.29 is 27.9 Å². The summed E-state index contributed by atoms with van der Waals surface area (Å²) in [7, 11) is 0. The Balaban J connectivity index is 2.18. The molecular weight excluding hydrogens is 287 g/mol. The van der Waals surface area contributed by atoms with E-state index in [0.717, 1.165) is 12.1 Å². The molecule has 1 amide bonds. The van der Waals surface area contributed by atoms with Crippen molar-refractivity contribution in [2.24, 2.45) is 0 Å². The largest absolute Gasteiger partial charge is 0.474 e. The number of carbonyl (C=O) groups is 2. The molecule has 1 aromatic rings. The molecule has 0 aliphatic carbocycles. The van der Waals surface area contributed by atoms with Gasteiger partial charge in [-0.15, -0.1) is 0 Å². The Labute approximate surface area is 119 Å². The minimum absolute atomic E-state index is 0.131. The molecule has 0 bridgehead atoms. The number of likely N-dealkylation sites (tertiary alicyclic amines) is 1. The first-order chi connectivity index (χ1) is 9.79. The number of halogens is 3. The monoisotopic (exact) mass is 301 g/mol. The fraction of sp³-hybridized carbons (Fsp3) is 0.429. The molecular formula is C14H14F3NO3. The Kier molecular flexibility index (Phi) is 4.20. The minimum atomic E-state index is -4.42. The van der Waals surface area contributed by atoms with E-state index in [1.54, 1.807) is 6.07 Å². The molecule has 2 rings (SSSR count). The molecule has 0 aromatic heterocycles. The highest BCUT2D eigenvalue weighted by atomic mass is 19.4. The predicted octanol–water partition coefficient (Wildman–Crippen LogP) is 2.50. The number of amides is 1. The molecule has 1 aromatic carbocycles. The second-order valence-corrected chi connectivity index (χ2v) is 5.02. The molecule has 1 aliphatic heterocycles. The molecule has 21 heavy (non-hydrogen) atoms. The average Bonchev–Trinajstić information content (AvgIpc) is 2.46. The molecule has 1 aliphatic rings. The average molecular weight is 301 g/mol. The van der Waals surface area contributed by atoms with E-state index in [4.69, 9.17) is 5.11 Å². The summed E-state index contributed by atoms with van der Waals surface area (Å²) in [6.45, 7) is 0.451. The Bertz CT molecular complexity index is 557. The van der Waals surface area contributed by atoms with Crippen LogP contribution in [-0.4, -0.2) is 35.0 Å². The summed E-state index contributed by atoms with van der Waals surface area (Å²) < 4.78 is 38.1. The van der Waals surface area contributed by atoms with Crippen molar-refractivity contribution >= 4 is 11.9 Å². The third-order valence-electron chi connectivity index (χ3n) is 3.58. The SMILES string of the molecule is O=C(O)C(=O)N1CCCC(c2cccc(C(F)(F)F)c2)C1. The summed E-state index contributed by atoms with van der Waals surface area (Å²) in [4.78, 5) is 23.3. The molecule has 1 atom stereocenters. The molecule has 1 fully saturated rings. The minimum Gasteiger partial charge on any atom is -0.474 e. The van der Waals surface area contributed by atoms with Crippen LogP contribution in [0, 0.1) is 0 Å². The van der Waals surface area contributed by atoms with Crippen LogP contribution >= 0.6 is 0 Å². The summed E-state index contributed by atoms with van der Waals surface area (Å²) >= 11 is 0. The van der Waals surface area contributed by atoms with Crippen molar-refractivity contribution in [3.63, 3.8) is 0 Å². The van der Waals surface area contributed by atoms with E-state index in [0.29, 0.717) is 24.9 Å². The highest BCUT2D eigenvalue weighted by Crippen LogP contribution is 2.33. The fourth-order valence-electron chi connectivity index (χ4n) is 2.54. The first-order valence-electron chi connectivity index (χ1n) is 6.48. The van der Waals surface area contributed by atoms with Crippen molar-refractivity contribution in [2.45, 2.75) is 24.9 Å². The van der Waals surface area contributed by atoms with E-state index >= 15 is 0 Å². The van der Waals surface area contributed by atoms with Gasteiger partial charge in [-0.05, 0) is 24.5 Å². The van der Waals surface area contributed by atoms with Gasteiger partial charge in [0, 0.05) is 19.0 Å². The van der Waals surface area contributed by atoms with Crippen LogP contribution in [-0.2, 0) is 15.8 Å². The maximum Gasteiger partial charge on any atom is 0.416 e. The highest BCUT2D eigenvalue weighted by molar-refractivity contribution is 6.31. The summed E-state index contributed by atoms with van der Waals surface area (Å²) in [6.07, 6.45) is -3.22. The van der Waals surface area contributed by atoms with Crippen LogP contribution in [0.4, 0.5) is 13.2 Å². The molecule has 1 saturated heterocycles. The van der Waals surface area contributed by atoms with E-state index < -0.39 is 23.6 Å². The van der Waals surface area contributed by atoms with Crippen molar-refractivity contribution in [1.29, 1.82) is 0 Å². The molecule has 4 nitrogen and oxygen atoms in total. The van der Waals surface area contributed by atoms with Gasteiger partial charge in [0.1, 0.15) is 0 Å². The molecule has 0 spiro atoms. The van der Waals surface area contributed by atoms with Crippen LogP contribution in [0.5, 0.6) is 0 Å². The lowest BCUT2D eigenvalue weighted by atomic mass is 9.89. The van der Waals surface area contributed by atoms with Gasteiger partial charge in [-0.3, -0.25) is 4.79 Å². The Morgan fingerprint density at radius 3 is 2.62 bits per heavy atom. The molecule has 1 N–H and O–H groups in total. The zero-order valence-corrected chi connectivity index (χ0v) is 11.1. The quantitative estimate of drug-likeness (QED) is 0.811. The van der Waals surface area contributed by atoms with E-state index in [1.165, 1.54) is 11.0 Å². The zero-order valence-electron chi connectivity index (χ0n) is 11.1. The van der Waals surface area contributed by atoms with E-state index in [-0.39, 0.29) is 12.5 Å². The Morgan fingerprint density at radius 2 is 2.00 bits per heavy atom. The standard InChI is InChI=1S/C14H14F3NO3/c15-14(16,17)11-5-1-3-9(7-11)10-4-2-6-18(8-10)12(19)13(20)21/h1,3,5,7,10H,2,4,6,8H2,(H,20,21). The first-order valence-corrected chi connectivity index (χ1v) is 6.48. The number of carboxylic acids is 1. The summed E-state index contributed by atoms with van der Waals surface area (Å²) in [5.41, 5.74) is -0.255. The van der Waals surface area contributed by atoms with Crippen LogP contribution in [0.3, 0.4) is 0 Å². The van der Waals surface area contributed by atoms with Crippen LogP contribution in [0.2, 0.25) is 0 Å².